The normalized spacial score (nSPS) is 10.1. The molecule has 0 aliphatic rings. The van der Waals surface area contributed by atoms with Crippen LogP contribution in [-0.2, 0) is 0 Å². The number of nitrogens with zero attached hydrogens (tertiary/aromatic N) is 1. The van der Waals surface area contributed by atoms with Crippen molar-refractivity contribution in [1.82, 2.24) is 0 Å². The lowest BCUT2D eigenvalue weighted by Gasteiger charge is -2.00. The summed E-state index contributed by atoms with van der Waals surface area (Å²) < 4.78 is 13.0. The zero-order chi connectivity index (χ0) is 11.5. The molecule has 0 heterocycles. The SMILES string of the molecule is O=[N+]([O-])c1[c]ccc(-c2cccc(F)c2)c1. The largest absolute Gasteiger partial charge is 0.278 e. The Kier molecular flexibility index (Phi) is 2.64. The van der Waals surface area contributed by atoms with E-state index in [4.69, 9.17) is 0 Å². The Morgan fingerprint density at radius 1 is 1.19 bits per heavy atom. The van der Waals surface area contributed by atoms with E-state index in [1.165, 1.54) is 24.3 Å². The van der Waals surface area contributed by atoms with Crippen molar-refractivity contribution in [3.63, 3.8) is 0 Å². The summed E-state index contributed by atoms with van der Waals surface area (Å²) in [6.07, 6.45) is 0. The molecule has 16 heavy (non-hydrogen) atoms. The third-order valence-electron chi connectivity index (χ3n) is 2.14. The van der Waals surface area contributed by atoms with E-state index in [0.29, 0.717) is 11.1 Å². The minimum atomic E-state index is -0.525. The lowest BCUT2D eigenvalue weighted by molar-refractivity contribution is -0.385. The van der Waals surface area contributed by atoms with Gasteiger partial charge in [0.2, 0.25) is 0 Å². The van der Waals surface area contributed by atoms with Crippen LogP contribution in [0.15, 0.2) is 42.5 Å². The van der Waals surface area contributed by atoms with Gasteiger partial charge in [0.25, 0.3) is 5.69 Å². The number of hydrogen-bond donors (Lipinski definition) is 0. The van der Waals surface area contributed by atoms with Crippen LogP contribution in [0.5, 0.6) is 0 Å². The van der Waals surface area contributed by atoms with Crippen molar-refractivity contribution in [3.05, 3.63) is 64.5 Å². The maximum absolute atomic E-state index is 13.0. The highest BCUT2D eigenvalue weighted by Crippen LogP contribution is 2.23. The Balaban J connectivity index is 2.48. The highest BCUT2D eigenvalue weighted by Gasteiger charge is 2.07. The molecule has 1 radical (unpaired) electrons. The minimum Gasteiger partial charge on any atom is -0.258 e. The van der Waals surface area contributed by atoms with E-state index in [9.17, 15) is 14.5 Å². The summed E-state index contributed by atoms with van der Waals surface area (Å²) >= 11 is 0. The van der Waals surface area contributed by atoms with Gasteiger partial charge in [0.15, 0.2) is 0 Å². The molecule has 0 saturated carbocycles. The van der Waals surface area contributed by atoms with Crippen LogP contribution in [0.3, 0.4) is 0 Å². The molecule has 0 saturated heterocycles. The van der Waals surface area contributed by atoms with Crippen LogP contribution in [-0.4, -0.2) is 4.92 Å². The molecule has 2 aromatic carbocycles. The van der Waals surface area contributed by atoms with Crippen molar-refractivity contribution >= 4 is 5.69 Å². The van der Waals surface area contributed by atoms with Gasteiger partial charge in [-0.05, 0) is 29.3 Å². The summed E-state index contributed by atoms with van der Waals surface area (Å²) in [5, 5.41) is 10.6. The van der Waals surface area contributed by atoms with E-state index in [0.717, 1.165) is 0 Å². The number of nitro benzene ring substituents is 1. The van der Waals surface area contributed by atoms with Crippen molar-refractivity contribution in [1.29, 1.82) is 0 Å². The predicted octanol–water partition coefficient (Wildman–Crippen LogP) is 3.20. The first-order valence-electron chi connectivity index (χ1n) is 4.59. The van der Waals surface area contributed by atoms with Crippen molar-refractivity contribution in [2.75, 3.05) is 0 Å². The van der Waals surface area contributed by atoms with Gasteiger partial charge in [-0.15, -0.1) is 0 Å². The average molecular weight is 216 g/mol. The lowest BCUT2D eigenvalue weighted by atomic mass is 10.1. The molecular formula is C12H7FNO2. The Morgan fingerprint density at radius 2 is 1.94 bits per heavy atom. The molecule has 0 aromatic heterocycles. The number of non-ortho nitro benzene ring substituents is 1. The molecule has 0 amide bonds. The van der Waals surface area contributed by atoms with Gasteiger partial charge in [-0.1, -0.05) is 18.2 Å². The Labute approximate surface area is 91.3 Å². The third kappa shape index (κ3) is 2.06. The molecule has 2 rings (SSSR count). The van der Waals surface area contributed by atoms with Crippen LogP contribution in [0.2, 0.25) is 0 Å². The summed E-state index contributed by atoms with van der Waals surface area (Å²) in [5.74, 6) is -0.368. The summed E-state index contributed by atoms with van der Waals surface area (Å²) in [4.78, 5) is 10.0. The summed E-state index contributed by atoms with van der Waals surface area (Å²) in [7, 11) is 0. The topological polar surface area (TPSA) is 43.1 Å². The van der Waals surface area contributed by atoms with Gasteiger partial charge in [0.1, 0.15) is 5.82 Å². The molecule has 0 bridgehead atoms. The number of benzene rings is 2. The fourth-order valence-corrected chi connectivity index (χ4v) is 1.41. The van der Waals surface area contributed by atoms with Crippen LogP contribution >= 0.6 is 0 Å². The zero-order valence-corrected chi connectivity index (χ0v) is 8.18. The first kappa shape index (κ1) is 10.3. The molecule has 0 unspecified atom stereocenters. The number of hydrogen-bond acceptors (Lipinski definition) is 2. The molecule has 0 spiro atoms. The maximum atomic E-state index is 13.0. The van der Waals surface area contributed by atoms with Gasteiger partial charge in [0.05, 0.1) is 11.0 Å². The summed E-state index contributed by atoms with van der Waals surface area (Å²) in [6, 6.07) is 12.9. The van der Waals surface area contributed by atoms with E-state index in [1.54, 1.807) is 18.2 Å². The molecule has 0 aliphatic heterocycles. The predicted molar refractivity (Wildman–Crippen MR) is 57.3 cm³/mol. The second kappa shape index (κ2) is 4.10. The lowest BCUT2D eigenvalue weighted by Crippen LogP contribution is -1.88. The summed E-state index contributed by atoms with van der Waals surface area (Å²) in [6.45, 7) is 0. The number of halogens is 1. The second-order valence-electron chi connectivity index (χ2n) is 3.23. The highest BCUT2D eigenvalue weighted by atomic mass is 19.1. The van der Waals surface area contributed by atoms with Crippen LogP contribution in [0, 0.1) is 22.0 Å². The highest BCUT2D eigenvalue weighted by molar-refractivity contribution is 5.65. The van der Waals surface area contributed by atoms with Gasteiger partial charge in [-0.25, -0.2) is 4.39 Å². The van der Waals surface area contributed by atoms with Crippen LogP contribution in [0.25, 0.3) is 11.1 Å². The summed E-state index contributed by atoms with van der Waals surface area (Å²) in [5.41, 5.74) is 1.09. The molecule has 4 heteroatoms. The molecule has 0 fully saturated rings. The zero-order valence-electron chi connectivity index (χ0n) is 8.18. The van der Waals surface area contributed by atoms with Gasteiger partial charge < -0.3 is 0 Å². The fraction of sp³-hybridized carbons (Fsp3) is 0. The number of nitro groups is 1. The van der Waals surface area contributed by atoms with Gasteiger partial charge >= 0.3 is 0 Å². The van der Waals surface area contributed by atoms with Crippen molar-refractivity contribution < 1.29 is 9.31 Å². The van der Waals surface area contributed by atoms with Crippen LogP contribution in [0.4, 0.5) is 10.1 Å². The molecular weight excluding hydrogens is 209 g/mol. The maximum Gasteiger partial charge on any atom is 0.278 e. The Bertz CT molecular complexity index is 540. The molecule has 2 aromatic rings. The smallest absolute Gasteiger partial charge is 0.258 e. The monoisotopic (exact) mass is 216 g/mol. The quantitative estimate of drug-likeness (QED) is 0.571. The van der Waals surface area contributed by atoms with Gasteiger partial charge in [0, 0.05) is 6.07 Å². The van der Waals surface area contributed by atoms with E-state index in [-0.39, 0.29) is 11.5 Å². The van der Waals surface area contributed by atoms with E-state index in [2.05, 4.69) is 6.07 Å². The average Bonchev–Trinajstić information content (AvgIpc) is 2.29. The van der Waals surface area contributed by atoms with Crippen LogP contribution in [0.1, 0.15) is 0 Å². The molecule has 79 valence electrons. The minimum absolute atomic E-state index is 0.123. The van der Waals surface area contributed by atoms with Gasteiger partial charge in [-0.3, -0.25) is 10.1 Å². The van der Waals surface area contributed by atoms with E-state index < -0.39 is 4.92 Å². The van der Waals surface area contributed by atoms with E-state index in [1.807, 2.05) is 0 Å². The molecule has 3 nitrogen and oxygen atoms in total. The fourth-order valence-electron chi connectivity index (χ4n) is 1.41. The van der Waals surface area contributed by atoms with Crippen molar-refractivity contribution in [3.8, 4) is 11.1 Å². The molecule has 0 N–H and O–H groups in total. The van der Waals surface area contributed by atoms with E-state index >= 15 is 0 Å². The molecule has 0 atom stereocenters. The Morgan fingerprint density at radius 3 is 2.62 bits per heavy atom. The van der Waals surface area contributed by atoms with Crippen molar-refractivity contribution in [2.24, 2.45) is 0 Å². The molecule has 0 aliphatic carbocycles. The standard InChI is InChI=1S/C12H7FNO2/c13-11-5-1-3-9(7-11)10-4-2-6-12(8-10)14(15)16/h1-5,7-8H. The second-order valence-corrected chi connectivity index (χ2v) is 3.23. The van der Waals surface area contributed by atoms with Crippen molar-refractivity contribution in [2.45, 2.75) is 0 Å². The number of rotatable bonds is 2. The Hall–Kier alpha value is -2.23. The third-order valence-corrected chi connectivity index (χ3v) is 2.14. The first-order chi connectivity index (χ1) is 7.66. The van der Waals surface area contributed by atoms with Gasteiger partial charge in [-0.2, -0.15) is 0 Å². The van der Waals surface area contributed by atoms with Crippen LogP contribution < -0.4 is 0 Å². The first-order valence-corrected chi connectivity index (χ1v) is 4.59.